The fourth-order valence-electron chi connectivity index (χ4n) is 1.55. The molecule has 1 unspecified atom stereocenters. The van der Waals surface area contributed by atoms with Crippen LogP contribution < -0.4 is 5.73 Å². The lowest BCUT2D eigenvalue weighted by Crippen LogP contribution is -2.25. The molecule has 0 heterocycles. The van der Waals surface area contributed by atoms with Crippen LogP contribution in [0.15, 0.2) is 24.3 Å². The molecule has 2 N–H and O–H groups in total. The van der Waals surface area contributed by atoms with E-state index in [1.54, 1.807) is 12.1 Å². The average molecular weight is 195 g/mol. The van der Waals surface area contributed by atoms with Crippen molar-refractivity contribution in [2.75, 3.05) is 0 Å². The summed E-state index contributed by atoms with van der Waals surface area (Å²) in [6.07, 6.45) is 0. The lowest BCUT2D eigenvalue weighted by Gasteiger charge is -2.17. The van der Waals surface area contributed by atoms with Crippen molar-refractivity contribution in [2.24, 2.45) is 11.7 Å². The number of carbonyl (C=O) groups excluding carboxylic acids is 1. The van der Waals surface area contributed by atoms with Gasteiger partial charge in [0.1, 0.15) is 5.82 Å². The third-order valence-corrected chi connectivity index (χ3v) is 2.20. The second kappa shape index (κ2) is 4.22. The number of benzene rings is 1. The molecular formula is C11H14FNO. The van der Waals surface area contributed by atoms with E-state index in [1.165, 1.54) is 12.1 Å². The largest absolute Gasteiger partial charge is 0.369 e. The van der Waals surface area contributed by atoms with Crippen LogP contribution in [-0.4, -0.2) is 5.91 Å². The molecule has 0 aliphatic carbocycles. The number of amides is 1. The van der Waals surface area contributed by atoms with Gasteiger partial charge in [0.15, 0.2) is 0 Å². The molecule has 1 amide bonds. The Balaban J connectivity index is 3.00. The Morgan fingerprint density at radius 1 is 1.29 bits per heavy atom. The number of hydrogen-bond donors (Lipinski definition) is 1. The molecule has 0 aliphatic rings. The summed E-state index contributed by atoms with van der Waals surface area (Å²) in [4.78, 5) is 11.2. The molecule has 0 radical (unpaired) electrons. The van der Waals surface area contributed by atoms with Crippen LogP contribution >= 0.6 is 0 Å². The summed E-state index contributed by atoms with van der Waals surface area (Å²) in [5, 5.41) is 0. The molecular weight excluding hydrogens is 181 g/mol. The van der Waals surface area contributed by atoms with Crippen molar-refractivity contribution in [1.82, 2.24) is 0 Å². The highest BCUT2D eigenvalue weighted by Crippen LogP contribution is 2.23. The molecule has 0 bridgehead atoms. The summed E-state index contributed by atoms with van der Waals surface area (Å²) in [6, 6.07) is 5.89. The number of nitrogens with two attached hydrogens (primary N) is 1. The molecule has 0 saturated carbocycles. The maximum atomic E-state index is 12.6. The van der Waals surface area contributed by atoms with Crippen molar-refractivity contribution in [3.8, 4) is 0 Å². The number of halogens is 1. The molecule has 14 heavy (non-hydrogen) atoms. The zero-order valence-electron chi connectivity index (χ0n) is 8.33. The molecule has 76 valence electrons. The first-order valence-electron chi connectivity index (χ1n) is 4.57. The van der Waals surface area contributed by atoms with Crippen molar-refractivity contribution in [3.05, 3.63) is 35.6 Å². The van der Waals surface area contributed by atoms with Gasteiger partial charge in [0.25, 0.3) is 0 Å². The third kappa shape index (κ3) is 2.31. The Morgan fingerprint density at radius 3 is 2.14 bits per heavy atom. The van der Waals surface area contributed by atoms with Crippen LogP contribution in [0.5, 0.6) is 0 Å². The fourth-order valence-corrected chi connectivity index (χ4v) is 1.55. The third-order valence-electron chi connectivity index (χ3n) is 2.20. The van der Waals surface area contributed by atoms with Crippen LogP contribution in [0.25, 0.3) is 0 Å². The van der Waals surface area contributed by atoms with E-state index in [0.29, 0.717) is 0 Å². The van der Waals surface area contributed by atoms with Gasteiger partial charge in [-0.15, -0.1) is 0 Å². The highest BCUT2D eigenvalue weighted by atomic mass is 19.1. The second-order valence-electron chi connectivity index (χ2n) is 3.68. The number of rotatable bonds is 3. The number of carbonyl (C=O) groups is 1. The molecule has 0 aromatic heterocycles. The Hall–Kier alpha value is -1.38. The van der Waals surface area contributed by atoms with Crippen molar-refractivity contribution in [1.29, 1.82) is 0 Å². The molecule has 0 spiro atoms. The summed E-state index contributed by atoms with van der Waals surface area (Å²) in [5.41, 5.74) is 6.05. The van der Waals surface area contributed by atoms with Gasteiger partial charge >= 0.3 is 0 Å². The van der Waals surface area contributed by atoms with E-state index in [9.17, 15) is 9.18 Å². The molecule has 2 nitrogen and oxygen atoms in total. The summed E-state index contributed by atoms with van der Waals surface area (Å²) in [5.74, 6) is -0.888. The van der Waals surface area contributed by atoms with Gasteiger partial charge < -0.3 is 5.73 Å². The van der Waals surface area contributed by atoms with E-state index >= 15 is 0 Å². The average Bonchev–Trinajstić information content (AvgIpc) is 2.07. The van der Waals surface area contributed by atoms with Gasteiger partial charge in [-0.05, 0) is 23.6 Å². The predicted octanol–water partition coefficient (Wildman–Crippen LogP) is 2.05. The number of hydrogen-bond acceptors (Lipinski definition) is 1. The Bertz CT molecular complexity index is 319. The summed E-state index contributed by atoms with van der Waals surface area (Å²) in [7, 11) is 0. The molecule has 1 aromatic rings. The van der Waals surface area contributed by atoms with Gasteiger partial charge in [0.2, 0.25) is 5.91 Å². The van der Waals surface area contributed by atoms with Crippen LogP contribution in [0, 0.1) is 11.7 Å². The minimum Gasteiger partial charge on any atom is -0.369 e. The highest BCUT2D eigenvalue weighted by molar-refractivity contribution is 5.82. The fraction of sp³-hybridized carbons (Fsp3) is 0.364. The summed E-state index contributed by atoms with van der Waals surface area (Å²) >= 11 is 0. The summed E-state index contributed by atoms with van der Waals surface area (Å²) in [6.45, 7) is 3.83. The topological polar surface area (TPSA) is 43.1 Å². The lowest BCUT2D eigenvalue weighted by atomic mass is 9.88. The SMILES string of the molecule is CC(C)C(C(N)=O)c1ccc(F)cc1. The van der Waals surface area contributed by atoms with E-state index in [-0.39, 0.29) is 23.6 Å². The monoisotopic (exact) mass is 195 g/mol. The zero-order chi connectivity index (χ0) is 10.7. The molecule has 1 aromatic carbocycles. The molecule has 1 rings (SSSR count). The first kappa shape index (κ1) is 10.7. The Morgan fingerprint density at radius 2 is 1.79 bits per heavy atom. The van der Waals surface area contributed by atoms with Gasteiger partial charge in [0.05, 0.1) is 5.92 Å². The van der Waals surface area contributed by atoms with Gasteiger partial charge in [-0.2, -0.15) is 0 Å². The molecule has 0 fully saturated rings. The standard InChI is InChI=1S/C11H14FNO/c1-7(2)10(11(13)14)8-3-5-9(12)6-4-8/h3-7,10H,1-2H3,(H2,13,14). The van der Waals surface area contributed by atoms with Crippen molar-refractivity contribution in [2.45, 2.75) is 19.8 Å². The highest BCUT2D eigenvalue weighted by Gasteiger charge is 2.21. The van der Waals surface area contributed by atoms with Crippen molar-refractivity contribution in [3.63, 3.8) is 0 Å². The molecule has 0 aliphatic heterocycles. The Labute approximate surface area is 82.9 Å². The first-order chi connectivity index (χ1) is 6.52. The normalized spacial score (nSPS) is 12.9. The van der Waals surface area contributed by atoms with E-state index in [1.807, 2.05) is 13.8 Å². The zero-order valence-corrected chi connectivity index (χ0v) is 8.33. The van der Waals surface area contributed by atoms with Crippen molar-refractivity contribution >= 4 is 5.91 Å². The quantitative estimate of drug-likeness (QED) is 0.788. The van der Waals surface area contributed by atoms with Crippen LogP contribution in [0.1, 0.15) is 25.3 Å². The predicted molar refractivity (Wildman–Crippen MR) is 53.2 cm³/mol. The van der Waals surface area contributed by atoms with Gasteiger partial charge in [0, 0.05) is 0 Å². The Kier molecular flexibility index (Phi) is 3.23. The van der Waals surface area contributed by atoms with Crippen molar-refractivity contribution < 1.29 is 9.18 Å². The molecule has 0 saturated heterocycles. The smallest absolute Gasteiger partial charge is 0.225 e. The second-order valence-corrected chi connectivity index (χ2v) is 3.68. The van der Waals surface area contributed by atoms with Crippen LogP contribution in [-0.2, 0) is 4.79 Å². The van der Waals surface area contributed by atoms with E-state index in [2.05, 4.69) is 0 Å². The van der Waals surface area contributed by atoms with E-state index in [4.69, 9.17) is 5.73 Å². The van der Waals surface area contributed by atoms with Crippen LogP contribution in [0.3, 0.4) is 0 Å². The van der Waals surface area contributed by atoms with E-state index < -0.39 is 0 Å². The molecule has 3 heteroatoms. The first-order valence-corrected chi connectivity index (χ1v) is 4.57. The van der Waals surface area contributed by atoms with Gasteiger partial charge in [-0.25, -0.2) is 4.39 Å². The van der Waals surface area contributed by atoms with Gasteiger partial charge in [-0.3, -0.25) is 4.79 Å². The molecule has 1 atom stereocenters. The maximum Gasteiger partial charge on any atom is 0.225 e. The van der Waals surface area contributed by atoms with Crippen LogP contribution in [0.4, 0.5) is 4.39 Å². The summed E-state index contributed by atoms with van der Waals surface area (Å²) < 4.78 is 12.6. The minimum atomic E-state index is -0.369. The maximum absolute atomic E-state index is 12.6. The lowest BCUT2D eigenvalue weighted by molar-refractivity contribution is -0.120. The van der Waals surface area contributed by atoms with Crippen LogP contribution in [0.2, 0.25) is 0 Å². The number of primary amides is 1. The minimum absolute atomic E-state index is 0.123. The van der Waals surface area contributed by atoms with Gasteiger partial charge in [-0.1, -0.05) is 26.0 Å². The van der Waals surface area contributed by atoms with E-state index in [0.717, 1.165) is 5.56 Å².